The highest BCUT2D eigenvalue weighted by molar-refractivity contribution is 6.16. The Kier molecular flexibility index (Phi) is 13.9. The van der Waals surface area contributed by atoms with Gasteiger partial charge in [0, 0.05) is 42.3 Å². The lowest BCUT2D eigenvalue weighted by Gasteiger charge is -2.44. The number of aromatic nitrogens is 1. The predicted molar refractivity (Wildman–Crippen MR) is 264 cm³/mol. The molecule has 1 aliphatic carbocycles. The van der Waals surface area contributed by atoms with Crippen molar-refractivity contribution in [2.24, 2.45) is 4.99 Å². The van der Waals surface area contributed by atoms with Crippen molar-refractivity contribution in [3.05, 3.63) is 132 Å². The Morgan fingerprint density at radius 3 is 2.28 bits per heavy atom. The number of hydrogen-bond acceptors (Lipinski definition) is 10. The van der Waals surface area contributed by atoms with Crippen molar-refractivity contribution in [1.29, 1.82) is 0 Å². The minimum Gasteiger partial charge on any atom is -0.481 e. The van der Waals surface area contributed by atoms with Gasteiger partial charge < -0.3 is 36.4 Å². The minimum atomic E-state index is -1.44. The first-order valence-electron chi connectivity index (χ1n) is 23.9. The lowest BCUT2D eigenvalue weighted by atomic mass is 9.71. The molecule has 4 aliphatic rings. The fourth-order valence-corrected chi connectivity index (χ4v) is 9.88. The Hall–Kier alpha value is -8.05. The molecule has 364 valence electrons. The fraction of sp³-hybridized carbons (Fsp3) is 0.315. The molecule has 6 amide bonds. The van der Waals surface area contributed by atoms with Crippen LogP contribution in [0.25, 0.3) is 39.2 Å². The molecule has 1 saturated heterocycles. The molecule has 1 saturated carbocycles. The summed E-state index contributed by atoms with van der Waals surface area (Å²) in [5.41, 5.74) is 5.93. The Labute approximate surface area is 409 Å². The Bertz CT molecular complexity index is 2980. The van der Waals surface area contributed by atoms with Crippen LogP contribution in [0.1, 0.15) is 74.3 Å². The first kappa shape index (κ1) is 48.0. The molecular weight excluding hydrogens is 905 g/mol. The quantitative estimate of drug-likeness (QED) is 0.0777. The van der Waals surface area contributed by atoms with Crippen LogP contribution in [-0.4, -0.2) is 116 Å². The first-order chi connectivity index (χ1) is 34.3. The third-order valence-corrected chi connectivity index (χ3v) is 13.8. The number of carboxylic acids is 1. The van der Waals surface area contributed by atoms with E-state index in [2.05, 4.69) is 26.3 Å². The number of likely N-dealkylation sites (tertiary alicyclic amines) is 1. The normalized spacial score (nSPS) is 17.7. The van der Waals surface area contributed by atoms with Crippen molar-refractivity contribution in [3.8, 4) is 22.4 Å². The molecule has 4 atom stereocenters. The zero-order valence-electron chi connectivity index (χ0n) is 39.1. The van der Waals surface area contributed by atoms with Gasteiger partial charge in [-0.3, -0.25) is 43.5 Å². The van der Waals surface area contributed by atoms with Gasteiger partial charge in [0.05, 0.1) is 30.0 Å². The van der Waals surface area contributed by atoms with Crippen LogP contribution in [0.3, 0.4) is 0 Å². The highest BCUT2D eigenvalue weighted by Gasteiger charge is 2.43. The summed E-state index contributed by atoms with van der Waals surface area (Å²) in [5.74, 6) is -3.81. The highest BCUT2D eigenvalue weighted by Crippen LogP contribution is 2.43. The van der Waals surface area contributed by atoms with E-state index < -0.39 is 78.8 Å². The second kappa shape index (κ2) is 20.5. The molecule has 6 N–H and O–H groups in total. The third kappa shape index (κ3) is 10.0. The zero-order valence-corrected chi connectivity index (χ0v) is 39.1. The number of carbonyl (C=O) groups excluding carboxylic acids is 6. The number of carboxylic acid groups (broad SMARTS) is 1. The Balaban J connectivity index is 0.946. The molecule has 5 aromatic rings. The van der Waals surface area contributed by atoms with Crippen LogP contribution in [0.2, 0.25) is 0 Å². The SMILES string of the molecule is C[C@@H](NC(=O)[C@H](CO)NC(=O)CCC(=O)O)C(=O)N1CCC[C@H]1C(=O)N[C@@H](Cc1cccc2ccccc12)C(=O)NC1(c2ccc(-c3nc4c(cc3-c3ccccc3)C3=NCC(=O)N3C=C4)cc2)CCC1. The number of nitrogens with zero attached hydrogens (tertiary/aromatic N) is 4. The number of hydrogen-bond donors (Lipinski definition) is 6. The van der Waals surface area contributed by atoms with Crippen LogP contribution in [0.4, 0.5) is 0 Å². The van der Waals surface area contributed by atoms with E-state index in [1.54, 1.807) is 11.1 Å². The molecule has 0 radical (unpaired) electrons. The highest BCUT2D eigenvalue weighted by atomic mass is 16.4. The first-order valence-corrected chi connectivity index (χ1v) is 23.9. The monoisotopic (exact) mass is 958 g/mol. The summed E-state index contributed by atoms with van der Waals surface area (Å²) < 4.78 is 0. The number of aliphatic carboxylic acids is 1. The van der Waals surface area contributed by atoms with E-state index in [1.807, 2.05) is 109 Å². The van der Waals surface area contributed by atoms with Gasteiger partial charge in [0.15, 0.2) is 0 Å². The molecule has 0 spiro atoms. The summed E-state index contributed by atoms with van der Waals surface area (Å²) >= 11 is 0. The van der Waals surface area contributed by atoms with E-state index in [4.69, 9.17) is 10.1 Å². The third-order valence-electron chi connectivity index (χ3n) is 13.8. The largest absolute Gasteiger partial charge is 0.481 e. The van der Waals surface area contributed by atoms with Gasteiger partial charge in [-0.1, -0.05) is 97.1 Å². The molecule has 17 heteroatoms. The minimum absolute atomic E-state index is 0.0831. The van der Waals surface area contributed by atoms with Crippen molar-refractivity contribution in [3.63, 3.8) is 0 Å². The second-order valence-corrected chi connectivity index (χ2v) is 18.4. The molecular formula is C54H54N8O9. The average Bonchev–Trinajstić information content (AvgIpc) is 4.03. The molecule has 2 fully saturated rings. The smallest absolute Gasteiger partial charge is 0.303 e. The fourth-order valence-electron chi connectivity index (χ4n) is 9.88. The Morgan fingerprint density at radius 2 is 1.55 bits per heavy atom. The molecule has 4 aromatic carbocycles. The lowest BCUT2D eigenvalue weighted by molar-refractivity contribution is -0.142. The van der Waals surface area contributed by atoms with Crippen LogP contribution in [-0.2, 0) is 45.5 Å². The number of rotatable bonds is 17. The molecule has 0 bridgehead atoms. The number of nitrogens with one attached hydrogen (secondary N) is 4. The van der Waals surface area contributed by atoms with E-state index in [0.717, 1.165) is 56.3 Å². The predicted octanol–water partition coefficient (Wildman–Crippen LogP) is 4.20. The van der Waals surface area contributed by atoms with Gasteiger partial charge in [0.1, 0.15) is 36.5 Å². The maximum absolute atomic E-state index is 14.8. The maximum atomic E-state index is 14.8. The summed E-state index contributed by atoms with van der Waals surface area (Å²) in [6, 6.07) is 29.0. The number of aliphatic imine (C=N–C) groups is 1. The Morgan fingerprint density at radius 1 is 0.803 bits per heavy atom. The van der Waals surface area contributed by atoms with Gasteiger partial charge in [-0.15, -0.1) is 0 Å². The van der Waals surface area contributed by atoms with Crippen molar-refractivity contribution in [1.82, 2.24) is 36.1 Å². The molecule has 1 aromatic heterocycles. The van der Waals surface area contributed by atoms with Crippen LogP contribution < -0.4 is 21.3 Å². The number of amides is 6. The maximum Gasteiger partial charge on any atom is 0.303 e. The number of pyridine rings is 1. The topological polar surface area (TPSA) is 240 Å². The number of amidine groups is 1. The van der Waals surface area contributed by atoms with Crippen LogP contribution in [0.5, 0.6) is 0 Å². The molecule has 3 aliphatic heterocycles. The molecule has 17 nitrogen and oxygen atoms in total. The van der Waals surface area contributed by atoms with Gasteiger partial charge in [-0.2, -0.15) is 0 Å². The molecule has 0 unspecified atom stereocenters. The zero-order chi connectivity index (χ0) is 49.8. The van der Waals surface area contributed by atoms with Crippen LogP contribution in [0.15, 0.2) is 114 Å². The van der Waals surface area contributed by atoms with Gasteiger partial charge in [0.25, 0.3) is 5.91 Å². The molecule has 4 heterocycles. The van der Waals surface area contributed by atoms with Crippen LogP contribution in [0, 0.1) is 0 Å². The van der Waals surface area contributed by atoms with Gasteiger partial charge in [-0.05, 0) is 78.6 Å². The van der Waals surface area contributed by atoms with E-state index in [0.29, 0.717) is 37.2 Å². The van der Waals surface area contributed by atoms with Crippen molar-refractivity contribution >= 4 is 64.1 Å². The number of fused-ring (bicyclic) bond motifs is 4. The number of aliphatic hydroxyl groups is 1. The van der Waals surface area contributed by atoms with Crippen molar-refractivity contribution in [2.45, 2.75) is 88.0 Å². The average molecular weight is 959 g/mol. The number of benzene rings is 4. The summed E-state index contributed by atoms with van der Waals surface area (Å²) in [5, 5.41) is 31.8. The van der Waals surface area contributed by atoms with Crippen molar-refractivity contribution < 1.29 is 43.8 Å². The van der Waals surface area contributed by atoms with Crippen molar-refractivity contribution in [2.75, 3.05) is 19.7 Å². The summed E-state index contributed by atoms with van der Waals surface area (Å²) in [6.07, 6.45) is 5.82. The van der Waals surface area contributed by atoms with Crippen LogP contribution >= 0.6 is 0 Å². The van der Waals surface area contributed by atoms with E-state index >= 15 is 0 Å². The van der Waals surface area contributed by atoms with E-state index in [-0.39, 0.29) is 31.3 Å². The van der Waals surface area contributed by atoms with E-state index in [1.165, 1.54) is 11.8 Å². The van der Waals surface area contributed by atoms with Gasteiger partial charge >= 0.3 is 5.97 Å². The lowest BCUT2D eigenvalue weighted by Crippen LogP contribution is -2.60. The van der Waals surface area contributed by atoms with Gasteiger partial charge in [0.2, 0.25) is 29.5 Å². The van der Waals surface area contributed by atoms with E-state index in [9.17, 15) is 38.7 Å². The molecule has 71 heavy (non-hydrogen) atoms. The summed E-state index contributed by atoms with van der Waals surface area (Å²) in [4.78, 5) is 104. The molecule has 9 rings (SSSR count). The summed E-state index contributed by atoms with van der Waals surface area (Å²) in [7, 11) is 0. The van der Waals surface area contributed by atoms with Gasteiger partial charge in [-0.25, -0.2) is 4.98 Å². The second-order valence-electron chi connectivity index (χ2n) is 18.4. The number of aliphatic hydroxyl groups excluding tert-OH is 1. The summed E-state index contributed by atoms with van der Waals surface area (Å²) in [6.45, 7) is 0.931. The standard InChI is InChI=1S/C54H54N8O9/c1-32(56-50(68)43(31-63)57-45(64)21-22-47(66)67)53(71)61-26-8-16-44(61)52(70)59-42(28-36-14-7-13-33-12-5-6-15-38(33)36)51(69)60-54(24-9-25-54)37-19-17-35(18-20-37)48-39(34-10-3-2-4-11-34)29-40-41(58-48)23-27-62-46(65)30-55-49(40)62/h2-7,10-15,17-20,23,27,29,32,42-44,63H,8-9,16,21-22,24-26,28,30-31H2,1H3,(H,56,68)(H,57,64)(H,59,70)(H,60,69)(H,66,67)/t32-,42+,43+,44+/m1/s1. The number of carbonyl (C=O) groups is 7.